The average molecular weight is 261 g/mol. The van der Waals surface area contributed by atoms with Crippen LogP contribution >= 0.6 is 11.3 Å². The predicted molar refractivity (Wildman–Crippen MR) is 81.9 cm³/mol. The second kappa shape index (κ2) is 5.00. The fourth-order valence-electron chi connectivity index (χ4n) is 2.23. The monoisotopic (exact) mass is 261 g/mol. The summed E-state index contributed by atoms with van der Waals surface area (Å²) in [5, 5.41) is 1.32. The van der Waals surface area contributed by atoms with Gasteiger partial charge in [-0.1, -0.05) is 41.5 Å². The van der Waals surface area contributed by atoms with Gasteiger partial charge in [0.1, 0.15) is 4.83 Å². The highest BCUT2D eigenvalue weighted by Crippen LogP contribution is 2.34. The molecule has 0 aromatic carbocycles. The largest absolute Gasteiger partial charge is 0.241 e. The van der Waals surface area contributed by atoms with Crippen LogP contribution in [-0.4, -0.2) is 4.98 Å². The quantitative estimate of drug-likeness (QED) is 0.694. The van der Waals surface area contributed by atoms with E-state index in [2.05, 4.69) is 53.7 Å². The van der Waals surface area contributed by atoms with Gasteiger partial charge in [0.25, 0.3) is 0 Å². The van der Waals surface area contributed by atoms with Gasteiger partial charge in [0, 0.05) is 16.0 Å². The van der Waals surface area contributed by atoms with Crippen molar-refractivity contribution in [3.63, 3.8) is 0 Å². The van der Waals surface area contributed by atoms with Crippen molar-refractivity contribution >= 4 is 21.6 Å². The molecular weight excluding hydrogens is 238 g/mol. The fourth-order valence-corrected chi connectivity index (χ4v) is 3.26. The zero-order valence-corrected chi connectivity index (χ0v) is 13.1. The second-order valence-electron chi connectivity index (χ2n) is 5.97. The summed E-state index contributed by atoms with van der Waals surface area (Å²) in [6.45, 7) is 13.5. The fraction of sp³-hybridized carbons (Fsp3) is 0.562. The normalized spacial score (nSPS) is 12.3. The van der Waals surface area contributed by atoms with Gasteiger partial charge in [0.15, 0.2) is 0 Å². The number of nitrogens with zero attached hydrogens (tertiary/aromatic N) is 1. The van der Waals surface area contributed by atoms with E-state index in [0.717, 1.165) is 0 Å². The van der Waals surface area contributed by atoms with Crippen LogP contribution in [0.3, 0.4) is 0 Å². The Bertz CT molecular complexity index is 504. The Kier molecular flexibility index (Phi) is 3.76. The van der Waals surface area contributed by atoms with Crippen molar-refractivity contribution in [1.82, 2.24) is 4.98 Å². The van der Waals surface area contributed by atoms with Crippen LogP contribution in [0, 0.1) is 0 Å². The number of hydrogen-bond acceptors (Lipinski definition) is 2. The van der Waals surface area contributed by atoms with Crippen molar-refractivity contribution < 1.29 is 0 Å². The van der Waals surface area contributed by atoms with Gasteiger partial charge in [0.05, 0.1) is 0 Å². The molecule has 0 aliphatic heterocycles. The molecule has 0 amide bonds. The number of pyridine rings is 1. The van der Waals surface area contributed by atoms with Crippen LogP contribution in [-0.2, 0) is 0 Å². The van der Waals surface area contributed by atoms with E-state index >= 15 is 0 Å². The van der Waals surface area contributed by atoms with Gasteiger partial charge in [-0.25, -0.2) is 4.98 Å². The lowest BCUT2D eigenvalue weighted by atomic mass is 9.95. The summed E-state index contributed by atoms with van der Waals surface area (Å²) < 4.78 is 0. The van der Waals surface area contributed by atoms with Crippen molar-refractivity contribution in [2.75, 3.05) is 0 Å². The van der Waals surface area contributed by atoms with Gasteiger partial charge >= 0.3 is 0 Å². The molecule has 0 spiro atoms. The predicted octanol–water partition coefficient (Wildman–Crippen LogP) is 5.67. The summed E-state index contributed by atoms with van der Waals surface area (Å²) in [6, 6.07) is 4.67. The van der Waals surface area contributed by atoms with E-state index in [-0.39, 0.29) is 0 Å². The van der Waals surface area contributed by atoms with Crippen LogP contribution < -0.4 is 0 Å². The molecular formula is C16H23NS. The summed E-state index contributed by atoms with van der Waals surface area (Å²) >= 11 is 1.85. The van der Waals surface area contributed by atoms with E-state index in [0.29, 0.717) is 17.8 Å². The van der Waals surface area contributed by atoms with E-state index in [4.69, 9.17) is 4.98 Å². The lowest BCUT2D eigenvalue weighted by Gasteiger charge is -2.14. The zero-order chi connectivity index (χ0) is 13.4. The van der Waals surface area contributed by atoms with Crippen molar-refractivity contribution in [3.05, 3.63) is 28.3 Å². The Hall–Kier alpha value is -0.890. The second-order valence-corrected chi connectivity index (χ2v) is 7.03. The minimum Gasteiger partial charge on any atom is -0.241 e. The molecule has 98 valence electrons. The summed E-state index contributed by atoms with van der Waals surface area (Å²) in [5.74, 6) is 1.63. The smallest absolute Gasteiger partial charge is 0.123 e. The minimum atomic E-state index is 0.497. The van der Waals surface area contributed by atoms with Crippen molar-refractivity contribution in [2.24, 2.45) is 0 Å². The van der Waals surface area contributed by atoms with Crippen molar-refractivity contribution in [1.29, 1.82) is 0 Å². The molecule has 0 saturated heterocycles. The lowest BCUT2D eigenvalue weighted by Crippen LogP contribution is -2.01. The molecule has 2 heterocycles. The maximum absolute atomic E-state index is 4.92. The molecule has 2 rings (SSSR count). The molecule has 0 radical (unpaired) electrons. The molecule has 2 aromatic heterocycles. The highest BCUT2D eigenvalue weighted by molar-refractivity contribution is 7.18. The van der Waals surface area contributed by atoms with Gasteiger partial charge in [-0.2, -0.15) is 0 Å². The third-order valence-electron chi connectivity index (χ3n) is 3.33. The number of rotatable bonds is 3. The summed E-state index contributed by atoms with van der Waals surface area (Å²) in [5.41, 5.74) is 2.68. The minimum absolute atomic E-state index is 0.497. The maximum atomic E-state index is 4.92. The van der Waals surface area contributed by atoms with E-state index < -0.39 is 0 Å². The Morgan fingerprint density at radius 1 is 0.889 bits per heavy atom. The molecule has 0 aliphatic rings. The molecule has 0 saturated carbocycles. The van der Waals surface area contributed by atoms with E-state index in [1.54, 1.807) is 0 Å². The van der Waals surface area contributed by atoms with Gasteiger partial charge in [-0.3, -0.25) is 0 Å². The highest BCUT2D eigenvalue weighted by Gasteiger charge is 2.15. The Morgan fingerprint density at radius 3 is 2.06 bits per heavy atom. The third-order valence-corrected chi connectivity index (χ3v) is 4.67. The Labute approximate surface area is 114 Å². The van der Waals surface area contributed by atoms with Gasteiger partial charge in [0.2, 0.25) is 0 Å². The van der Waals surface area contributed by atoms with Crippen LogP contribution in [0.5, 0.6) is 0 Å². The number of thiophene rings is 1. The van der Waals surface area contributed by atoms with E-state index in [1.807, 2.05) is 11.3 Å². The molecule has 0 atom stereocenters. The van der Waals surface area contributed by atoms with Crippen LogP contribution in [0.1, 0.15) is 75.4 Å². The average Bonchev–Trinajstić information content (AvgIpc) is 2.69. The van der Waals surface area contributed by atoms with Gasteiger partial charge in [-0.15, -0.1) is 11.3 Å². The third kappa shape index (κ3) is 2.44. The Balaban J connectivity index is 2.65. The van der Waals surface area contributed by atoms with Gasteiger partial charge in [-0.05, 0) is 35.4 Å². The molecule has 0 bridgehead atoms. The lowest BCUT2D eigenvalue weighted by molar-refractivity contribution is 0.765. The summed E-state index contributed by atoms with van der Waals surface area (Å²) in [7, 11) is 0. The first-order valence-electron chi connectivity index (χ1n) is 6.84. The molecule has 0 unspecified atom stereocenters. The van der Waals surface area contributed by atoms with Crippen LogP contribution in [0.4, 0.5) is 0 Å². The topological polar surface area (TPSA) is 12.9 Å². The SMILES string of the molecule is CC(C)c1cc2cc(C(C)C)c(C(C)C)nc2s1. The van der Waals surface area contributed by atoms with Crippen LogP contribution in [0.2, 0.25) is 0 Å². The van der Waals surface area contributed by atoms with Crippen molar-refractivity contribution in [3.8, 4) is 0 Å². The van der Waals surface area contributed by atoms with E-state index in [1.165, 1.54) is 26.4 Å². The van der Waals surface area contributed by atoms with Crippen molar-refractivity contribution in [2.45, 2.75) is 59.3 Å². The summed E-state index contributed by atoms with van der Waals surface area (Å²) in [4.78, 5) is 7.56. The van der Waals surface area contributed by atoms with Crippen LogP contribution in [0.15, 0.2) is 12.1 Å². The zero-order valence-electron chi connectivity index (χ0n) is 12.2. The number of hydrogen-bond donors (Lipinski definition) is 0. The molecule has 0 aliphatic carbocycles. The first-order chi connectivity index (χ1) is 8.40. The standard InChI is InChI=1S/C16H23NS/c1-9(2)13-7-12-8-14(10(3)4)18-16(12)17-15(13)11(5)6/h7-11H,1-6H3. The molecule has 0 fully saturated rings. The molecule has 2 heteroatoms. The number of aromatic nitrogens is 1. The Morgan fingerprint density at radius 2 is 1.56 bits per heavy atom. The molecule has 2 aromatic rings. The van der Waals surface area contributed by atoms with Gasteiger partial charge < -0.3 is 0 Å². The maximum Gasteiger partial charge on any atom is 0.123 e. The molecule has 0 N–H and O–H groups in total. The first-order valence-corrected chi connectivity index (χ1v) is 7.66. The first kappa shape index (κ1) is 13.5. The molecule has 18 heavy (non-hydrogen) atoms. The van der Waals surface area contributed by atoms with Crippen LogP contribution in [0.25, 0.3) is 10.2 Å². The molecule has 1 nitrogen and oxygen atoms in total. The van der Waals surface area contributed by atoms with E-state index in [9.17, 15) is 0 Å². The highest BCUT2D eigenvalue weighted by atomic mass is 32.1. The summed E-state index contributed by atoms with van der Waals surface area (Å²) in [6.07, 6.45) is 0. The number of fused-ring (bicyclic) bond motifs is 1.